The van der Waals surface area contributed by atoms with Gasteiger partial charge in [0.25, 0.3) is 0 Å². The van der Waals surface area contributed by atoms with Crippen LogP contribution in [0.5, 0.6) is 0 Å². The van der Waals surface area contributed by atoms with Gasteiger partial charge >= 0.3 is 5.97 Å². The zero-order valence-corrected chi connectivity index (χ0v) is 13.8. The van der Waals surface area contributed by atoms with Crippen molar-refractivity contribution in [2.24, 2.45) is 5.92 Å². The minimum absolute atomic E-state index is 0.00606. The molecule has 0 unspecified atom stereocenters. The fourth-order valence-corrected chi connectivity index (χ4v) is 3.11. The Morgan fingerprint density at radius 2 is 1.35 bits per heavy atom. The quantitative estimate of drug-likeness (QED) is 0.714. The average Bonchev–Trinajstić information content (AvgIpc) is 2.13. The van der Waals surface area contributed by atoms with Crippen LogP contribution in [0.3, 0.4) is 0 Å². The Morgan fingerprint density at radius 1 is 1.00 bits per heavy atom. The van der Waals surface area contributed by atoms with Gasteiger partial charge in [-0.2, -0.15) is 23.5 Å². The van der Waals surface area contributed by atoms with Gasteiger partial charge in [-0.3, -0.25) is 4.79 Å². The first-order valence-corrected chi connectivity index (χ1v) is 7.88. The fraction of sp³-hybridized carbons (Fsp3) is 0.923. The summed E-state index contributed by atoms with van der Waals surface area (Å²) < 4.78 is 5.26. The second-order valence-electron chi connectivity index (χ2n) is 6.07. The Bertz CT molecular complexity index is 221. The molecule has 17 heavy (non-hydrogen) atoms. The molecule has 0 amide bonds. The first kappa shape index (κ1) is 17.2. The molecule has 0 atom stereocenters. The molecule has 0 radical (unpaired) electrons. The van der Waals surface area contributed by atoms with E-state index in [4.69, 9.17) is 4.74 Å². The highest BCUT2D eigenvalue weighted by Crippen LogP contribution is 2.30. The Hall–Kier alpha value is 0.170. The molecule has 0 saturated carbocycles. The van der Waals surface area contributed by atoms with E-state index in [2.05, 4.69) is 41.5 Å². The second-order valence-corrected chi connectivity index (χ2v) is 9.76. The molecule has 0 aliphatic heterocycles. The van der Waals surface area contributed by atoms with Crippen molar-refractivity contribution in [3.8, 4) is 0 Å². The van der Waals surface area contributed by atoms with Crippen molar-refractivity contribution in [1.82, 2.24) is 0 Å². The highest BCUT2D eigenvalue weighted by Gasteiger charge is 2.24. The zero-order chi connectivity index (χ0) is 13.7. The molecule has 0 spiro atoms. The van der Waals surface area contributed by atoms with Crippen molar-refractivity contribution in [2.45, 2.75) is 51.0 Å². The number of rotatable bonds is 5. The molecule has 0 heterocycles. The molecule has 0 aliphatic rings. The lowest BCUT2D eigenvalue weighted by Crippen LogP contribution is -2.25. The van der Waals surface area contributed by atoms with E-state index in [1.807, 2.05) is 23.5 Å². The summed E-state index contributed by atoms with van der Waals surface area (Å²) in [6.07, 6.45) is 0. The summed E-state index contributed by atoms with van der Waals surface area (Å²) in [5.74, 6) is 1.57. The molecule has 0 N–H and O–H groups in total. The van der Waals surface area contributed by atoms with Gasteiger partial charge in [-0.15, -0.1) is 0 Å². The summed E-state index contributed by atoms with van der Waals surface area (Å²) in [5, 5.41) is 0. The molecular weight excluding hydrogens is 252 g/mol. The summed E-state index contributed by atoms with van der Waals surface area (Å²) in [7, 11) is 1.47. The number of esters is 1. The summed E-state index contributed by atoms with van der Waals surface area (Å²) >= 11 is 3.64. The van der Waals surface area contributed by atoms with E-state index in [9.17, 15) is 4.79 Å². The number of ether oxygens (including phenoxy) is 1. The minimum atomic E-state index is -0.0847. The van der Waals surface area contributed by atoms with E-state index < -0.39 is 0 Å². The fourth-order valence-electron chi connectivity index (χ4n) is 1.05. The van der Waals surface area contributed by atoms with Crippen LogP contribution in [-0.4, -0.2) is 34.1 Å². The van der Waals surface area contributed by atoms with Crippen LogP contribution in [0, 0.1) is 5.92 Å². The van der Waals surface area contributed by atoms with Gasteiger partial charge in [0, 0.05) is 21.0 Å². The highest BCUT2D eigenvalue weighted by molar-refractivity contribution is 8.01. The second kappa shape index (κ2) is 6.93. The molecule has 0 aromatic rings. The highest BCUT2D eigenvalue weighted by atomic mass is 32.2. The standard InChI is InChI=1S/C13H26O2S2/c1-12(2,3)16-8-10(11(14)15-7)9-17-13(4,5)6/h10H,8-9H2,1-7H3. The zero-order valence-electron chi connectivity index (χ0n) is 12.1. The Kier molecular flexibility index (Phi) is 7.00. The topological polar surface area (TPSA) is 26.3 Å². The summed E-state index contributed by atoms with van der Waals surface area (Å²) in [5.41, 5.74) is 0. The average molecular weight is 278 g/mol. The van der Waals surface area contributed by atoms with Crippen molar-refractivity contribution in [1.29, 1.82) is 0 Å². The molecule has 2 nitrogen and oxygen atoms in total. The summed E-state index contributed by atoms with van der Waals surface area (Å²) in [6, 6.07) is 0. The van der Waals surface area contributed by atoms with Crippen LogP contribution in [0.25, 0.3) is 0 Å². The summed E-state index contributed by atoms with van der Waals surface area (Å²) in [6.45, 7) is 13.0. The van der Waals surface area contributed by atoms with E-state index in [0.717, 1.165) is 11.5 Å². The number of thioether (sulfide) groups is 2. The van der Waals surface area contributed by atoms with Crippen molar-refractivity contribution < 1.29 is 9.53 Å². The van der Waals surface area contributed by atoms with Crippen LogP contribution >= 0.6 is 23.5 Å². The maximum Gasteiger partial charge on any atom is 0.310 e. The molecule has 0 aromatic heterocycles. The third-order valence-corrected chi connectivity index (χ3v) is 4.84. The van der Waals surface area contributed by atoms with Crippen molar-refractivity contribution in [3.05, 3.63) is 0 Å². The smallest absolute Gasteiger partial charge is 0.310 e. The molecule has 0 bridgehead atoms. The van der Waals surface area contributed by atoms with E-state index in [1.54, 1.807) is 0 Å². The van der Waals surface area contributed by atoms with Crippen molar-refractivity contribution >= 4 is 29.5 Å². The number of hydrogen-bond acceptors (Lipinski definition) is 4. The Labute approximate surface area is 115 Å². The lowest BCUT2D eigenvalue weighted by molar-refractivity contribution is -0.143. The number of methoxy groups -OCH3 is 1. The predicted molar refractivity (Wildman–Crippen MR) is 79.9 cm³/mol. The van der Waals surface area contributed by atoms with Gasteiger partial charge in [0.05, 0.1) is 13.0 Å². The van der Waals surface area contributed by atoms with E-state index in [0.29, 0.717) is 0 Å². The van der Waals surface area contributed by atoms with Crippen LogP contribution in [0.2, 0.25) is 0 Å². The third kappa shape index (κ3) is 9.83. The van der Waals surface area contributed by atoms with Crippen LogP contribution in [-0.2, 0) is 9.53 Å². The van der Waals surface area contributed by atoms with Gasteiger partial charge in [0.15, 0.2) is 0 Å². The molecule has 0 aromatic carbocycles. The molecule has 0 saturated heterocycles. The lowest BCUT2D eigenvalue weighted by Gasteiger charge is -2.24. The maximum absolute atomic E-state index is 11.7. The maximum atomic E-state index is 11.7. The first-order valence-electron chi connectivity index (χ1n) is 5.91. The Balaban J connectivity index is 4.30. The van der Waals surface area contributed by atoms with Crippen molar-refractivity contribution in [3.63, 3.8) is 0 Å². The minimum Gasteiger partial charge on any atom is -0.469 e. The normalized spacial score (nSPS) is 12.9. The van der Waals surface area contributed by atoms with E-state index >= 15 is 0 Å². The number of carbonyl (C=O) groups is 1. The van der Waals surface area contributed by atoms with Crippen molar-refractivity contribution in [2.75, 3.05) is 18.6 Å². The van der Waals surface area contributed by atoms with Gasteiger partial charge in [-0.25, -0.2) is 0 Å². The van der Waals surface area contributed by atoms with Crippen LogP contribution in [0.4, 0.5) is 0 Å². The van der Waals surface area contributed by atoms with E-state index in [1.165, 1.54) is 7.11 Å². The molecule has 102 valence electrons. The van der Waals surface area contributed by atoms with Crippen LogP contribution < -0.4 is 0 Å². The monoisotopic (exact) mass is 278 g/mol. The number of carbonyl (C=O) groups excluding carboxylic acids is 1. The molecule has 4 heteroatoms. The van der Waals surface area contributed by atoms with Crippen LogP contribution in [0.15, 0.2) is 0 Å². The Morgan fingerprint density at radius 3 is 1.59 bits per heavy atom. The third-order valence-electron chi connectivity index (χ3n) is 1.97. The van der Waals surface area contributed by atoms with Gasteiger partial charge in [-0.05, 0) is 0 Å². The largest absolute Gasteiger partial charge is 0.469 e. The van der Waals surface area contributed by atoms with Gasteiger partial charge in [-0.1, -0.05) is 41.5 Å². The van der Waals surface area contributed by atoms with Crippen LogP contribution in [0.1, 0.15) is 41.5 Å². The van der Waals surface area contributed by atoms with Gasteiger partial charge < -0.3 is 4.74 Å². The molecule has 0 fully saturated rings. The predicted octanol–water partition coefficient (Wildman–Crippen LogP) is 3.84. The van der Waals surface area contributed by atoms with E-state index in [-0.39, 0.29) is 21.4 Å². The molecular formula is C13H26O2S2. The summed E-state index contributed by atoms with van der Waals surface area (Å²) in [4.78, 5) is 11.7. The van der Waals surface area contributed by atoms with Gasteiger partial charge in [0.1, 0.15) is 0 Å². The molecule has 0 rings (SSSR count). The lowest BCUT2D eigenvalue weighted by atomic mass is 10.2. The number of hydrogen-bond donors (Lipinski definition) is 0. The SMILES string of the molecule is COC(=O)C(CSC(C)(C)C)CSC(C)(C)C. The molecule has 0 aliphatic carbocycles. The first-order chi connectivity index (χ1) is 7.55. The van der Waals surface area contributed by atoms with Gasteiger partial charge in [0.2, 0.25) is 0 Å².